The van der Waals surface area contributed by atoms with E-state index in [2.05, 4.69) is 43.7 Å². The molecule has 0 saturated heterocycles. The zero-order valence-electron chi connectivity index (χ0n) is 10.6. The van der Waals surface area contributed by atoms with Gasteiger partial charge in [0.05, 0.1) is 0 Å². The lowest BCUT2D eigenvalue weighted by atomic mass is 9.65. The predicted molar refractivity (Wildman–Crippen MR) is 71.9 cm³/mol. The van der Waals surface area contributed by atoms with Crippen molar-refractivity contribution in [2.24, 2.45) is 11.3 Å². The first kappa shape index (κ1) is 12.1. The molecule has 16 heavy (non-hydrogen) atoms. The van der Waals surface area contributed by atoms with Crippen molar-refractivity contribution in [2.75, 3.05) is 7.05 Å². The minimum absolute atomic E-state index is 0.482. The van der Waals surface area contributed by atoms with E-state index in [0.717, 1.165) is 5.92 Å². The molecule has 90 valence electrons. The number of rotatable bonds is 3. The SMILES string of the molecule is CNC(c1cccs1)C1CCCCC1(C)C. The summed E-state index contributed by atoms with van der Waals surface area (Å²) in [5.74, 6) is 0.782. The van der Waals surface area contributed by atoms with Gasteiger partial charge in [-0.1, -0.05) is 32.8 Å². The molecule has 2 rings (SSSR count). The van der Waals surface area contributed by atoms with Crippen LogP contribution in [-0.4, -0.2) is 7.05 Å². The molecule has 0 aromatic carbocycles. The van der Waals surface area contributed by atoms with Crippen LogP contribution in [0.25, 0.3) is 0 Å². The van der Waals surface area contributed by atoms with Crippen LogP contribution in [-0.2, 0) is 0 Å². The quantitative estimate of drug-likeness (QED) is 0.829. The summed E-state index contributed by atoms with van der Waals surface area (Å²) in [7, 11) is 2.11. The molecule has 1 aromatic heterocycles. The van der Waals surface area contributed by atoms with Crippen LogP contribution in [0.5, 0.6) is 0 Å². The summed E-state index contributed by atoms with van der Waals surface area (Å²) >= 11 is 1.89. The Kier molecular flexibility index (Phi) is 3.70. The van der Waals surface area contributed by atoms with E-state index >= 15 is 0 Å². The number of hydrogen-bond acceptors (Lipinski definition) is 2. The van der Waals surface area contributed by atoms with Crippen LogP contribution in [0.4, 0.5) is 0 Å². The van der Waals surface area contributed by atoms with E-state index in [9.17, 15) is 0 Å². The van der Waals surface area contributed by atoms with E-state index in [1.54, 1.807) is 0 Å². The zero-order valence-corrected chi connectivity index (χ0v) is 11.4. The molecule has 1 aliphatic carbocycles. The van der Waals surface area contributed by atoms with E-state index in [0.29, 0.717) is 11.5 Å². The standard InChI is InChI=1S/C14H23NS/c1-14(2)9-5-4-7-11(14)13(15-3)12-8-6-10-16-12/h6,8,10-11,13,15H,4-5,7,9H2,1-3H3. The third kappa shape index (κ3) is 2.33. The molecule has 1 nitrogen and oxygen atoms in total. The van der Waals surface area contributed by atoms with Crippen LogP contribution in [0.15, 0.2) is 17.5 Å². The molecule has 0 spiro atoms. The summed E-state index contributed by atoms with van der Waals surface area (Å²) < 4.78 is 0. The molecule has 1 aliphatic rings. The van der Waals surface area contributed by atoms with Crippen molar-refractivity contribution in [1.29, 1.82) is 0 Å². The maximum Gasteiger partial charge on any atom is 0.0446 e. The smallest absolute Gasteiger partial charge is 0.0446 e. The van der Waals surface area contributed by atoms with E-state index in [-0.39, 0.29) is 0 Å². The van der Waals surface area contributed by atoms with E-state index in [4.69, 9.17) is 0 Å². The highest BCUT2D eigenvalue weighted by molar-refractivity contribution is 7.10. The first-order chi connectivity index (χ1) is 7.65. The maximum atomic E-state index is 3.54. The predicted octanol–water partition coefficient (Wildman–Crippen LogP) is 4.23. The maximum absolute atomic E-state index is 3.54. The molecule has 0 radical (unpaired) electrons. The zero-order chi connectivity index (χ0) is 11.6. The number of nitrogens with one attached hydrogen (secondary N) is 1. The first-order valence-corrected chi connectivity index (χ1v) is 7.24. The summed E-state index contributed by atoms with van der Waals surface area (Å²) in [6.07, 6.45) is 5.56. The van der Waals surface area contributed by atoms with Crippen LogP contribution in [0.2, 0.25) is 0 Å². The van der Waals surface area contributed by atoms with Gasteiger partial charge in [-0.15, -0.1) is 11.3 Å². The monoisotopic (exact) mass is 237 g/mol. The normalized spacial score (nSPS) is 26.6. The van der Waals surface area contributed by atoms with Gasteiger partial charge in [0.1, 0.15) is 0 Å². The Labute approximate surface area is 103 Å². The summed E-state index contributed by atoms with van der Waals surface area (Å²) in [5.41, 5.74) is 0.482. The van der Waals surface area contributed by atoms with Gasteiger partial charge in [0.25, 0.3) is 0 Å². The van der Waals surface area contributed by atoms with Gasteiger partial charge < -0.3 is 5.32 Å². The van der Waals surface area contributed by atoms with E-state index in [1.807, 2.05) is 11.3 Å². The minimum Gasteiger partial charge on any atom is -0.312 e. The van der Waals surface area contributed by atoms with E-state index in [1.165, 1.54) is 30.6 Å². The summed E-state index contributed by atoms with van der Waals surface area (Å²) in [5, 5.41) is 5.73. The first-order valence-electron chi connectivity index (χ1n) is 6.36. The van der Waals surface area contributed by atoms with Gasteiger partial charge in [0.2, 0.25) is 0 Å². The molecule has 2 heteroatoms. The van der Waals surface area contributed by atoms with Crippen molar-refractivity contribution in [3.8, 4) is 0 Å². The molecule has 0 bridgehead atoms. The van der Waals surface area contributed by atoms with Gasteiger partial charge in [-0.2, -0.15) is 0 Å². The largest absolute Gasteiger partial charge is 0.312 e. The third-order valence-electron chi connectivity index (χ3n) is 4.15. The van der Waals surface area contributed by atoms with Crippen molar-refractivity contribution < 1.29 is 0 Å². The minimum atomic E-state index is 0.482. The molecule has 0 aliphatic heterocycles. The van der Waals surface area contributed by atoms with Gasteiger partial charge in [-0.05, 0) is 42.7 Å². The van der Waals surface area contributed by atoms with Gasteiger partial charge in [0, 0.05) is 10.9 Å². The molecule has 1 heterocycles. The van der Waals surface area contributed by atoms with Gasteiger partial charge in [-0.25, -0.2) is 0 Å². The topological polar surface area (TPSA) is 12.0 Å². The van der Waals surface area contributed by atoms with Gasteiger partial charge in [-0.3, -0.25) is 0 Å². The number of thiophene rings is 1. The summed E-state index contributed by atoms with van der Waals surface area (Å²) in [6.45, 7) is 4.88. The second-order valence-electron chi connectivity index (χ2n) is 5.62. The molecule has 1 fully saturated rings. The second kappa shape index (κ2) is 4.89. The molecule has 2 unspecified atom stereocenters. The van der Waals surface area contributed by atoms with Crippen LogP contribution in [0.3, 0.4) is 0 Å². The van der Waals surface area contributed by atoms with Crippen LogP contribution >= 0.6 is 11.3 Å². The van der Waals surface area contributed by atoms with Crippen molar-refractivity contribution in [3.63, 3.8) is 0 Å². The summed E-state index contributed by atoms with van der Waals surface area (Å²) in [6, 6.07) is 4.99. The van der Waals surface area contributed by atoms with Crippen LogP contribution in [0.1, 0.15) is 50.4 Å². The lowest BCUT2D eigenvalue weighted by Crippen LogP contribution is -2.37. The van der Waals surface area contributed by atoms with Crippen molar-refractivity contribution >= 4 is 11.3 Å². The van der Waals surface area contributed by atoms with Gasteiger partial charge in [0.15, 0.2) is 0 Å². The average Bonchev–Trinajstić information content (AvgIpc) is 2.75. The Morgan fingerprint density at radius 2 is 2.25 bits per heavy atom. The Morgan fingerprint density at radius 3 is 2.81 bits per heavy atom. The van der Waals surface area contributed by atoms with Gasteiger partial charge >= 0.3 is 0 Å². The summed E-state index contributed by atoms with van der Waals surface area (Å²) in [4.78, 5) is 1.50. The van der Waals surface area contributed by atoms with Crippen molar-refractivity contribution in [1.82, 2.24) is 5.32 Å². The molecule has 1 saturated carbocycles. The Hall–Kier alpha value is -0.340. The van der Waals surface area contributed by atoms with Crippen molar-refractivity contribution in [3.05, 3.63) is 22.4 Å². The highest BCUT2D eigenvalue weighted by atomic mass is 32.1. The van der Waals surface area contributed by atoms with Crippen LogP contribution < -0.4 is 5.32 Å². The highest BCUT2D eigenvalue weighted by Gasteiger charge is 2.37. The van der Waals surface area contributed by atoms with E-state index < -0.39 is 0 Å². The fraction of sp³-hybridized carbons (Fsp3) is 0.714. The molecular weight excluding hydrogens is 214 g/mol. The number of hydrogen-bond donors (Lipinski definition) is 1. The fourth-order valence-electron chi connectivity index (χ4n) is 3.15. The molecule has 1 aromatic rings. The fourth-order valence-corrected chi connectivity index (χ4v) is 4.05. The van der Waals surface area contributed by atoms with Crippen LogP contribution in [0, 0.1) is 11.3 Å². The second-order valence-corrected chi connectivity index (χ2v) is 6.60. The third-order valence-corrected chi connectivity index (χ3v) is 5.11. The lowest BCUT2D eigenvalue weighted by molar-refractivity contribution is 0.102. The Balaban J connectivity index is 2.20. The molecule has 1 N–H and O–H groups in total. The molecule has 0 amide bonds. The Bertz CT molecular complexity index is 315. The Morgan fingerprint density at radius 1 is 1.44 bits per heavy atom. The van der Waals surface area contributed by atoms with Crippen molar-refractivity contribution in [2.45, 2.75) is 45.6 Å². The molecule has 2 atom stereocenters. The lowest BCUT2D eigenvalue weighted by Gasteiger charge is -2.43. The highest BCUT2D eigenvalue weighted by Crippen LogP contribution is 2.47. The average molecular weight is 237 g/mol. The molecular formula is C14H23NS.